The highest BCUT2D eigenvalue weighted by Gasteiger charge is 2.09. The fourth-order valence-corrected chi connectivity index (χ4v) is 1.98. The average Bonchev–Trinajstić information content (AvgIpc) is 2.89. The highest BCUT2D eigenvalue weighted by Crippen LogP contribution is 2.16. The molecule has 0 saturated heterocycles. The van der Waals surface area contributed by atoms with Gasteiger partial charge in [-0.2, -0.15) is 5.10 Å². The number of amidine groups is 1. The quantitative estimate of drug-likeness (QED) is 0.362. The number of hydrogen-bond donors (Lipinski definition) is 2. The van der Waals surface area contributed by atoms with Gasteiger partial charge in [0.25, 0.3) is 0 Å². The van der Waals surface area contributed by atoms with Crippen molar-refractivity contribution in [2.75, 3.05) is 11.4 Å². The van der Waals surface area contributed by atoms with Gasteiger partial charge >= 0.3 is 0 Å². The first-order valence-electron chi connectivity index (χ1n) is 6.44. The Hall–Kier alpha value is -2.50. The van der Waals surface area contributed by atoms with E-state index >= 15 is 0 Å². The standard InChI is InChI=1S/C14H19N5O/c1-18-9-7-12(16-18)11-19(10-8-14(15)17-20)13-5-3-2-4-6-13/h2-7,9,20H,8,10-11H2,1H3,(H2,15,17). The largest absolute Gasteiger partial charge is 0.409 e. The molecule has 6 nitrogen and oxygen atoms in total. The Balaban J connectivity index is 2.11. The van der Waals surface area contributed by atoms with Gasteiger partial charge in [-0.1, -0.05) is 23.4 Å². The van der Waals surface area contributed by atoms with Crippen molar-refractivity contribution in [1.29, 1.82) is 0 Å². The van der Waals surface area contributed by atoms with E-state index in [0.29, 0.717) is 19.5 Å². The molecule has 1 aromatic carbocycles. The molecule has 2 aromatic rings. The van der Waals surface area contributed by atoms with Crippen LogP contribution < -0.4 is 10.6 Å². The summed E-state index contributed by atoms with van der Waals surface area (Å²) in [4.78, 5) is 2.15. The molecule has 6 heteroatoms. The molecule has 0 saturated carbocycles. The second kappa shape index (κ2) is 6.60. The van der Waals surface area contributed by atoms with Gasteiger partial charge in [-0.15, -0.1) is 0 Å². The van der Waals surface area contributed by atoms with Crippen molar-refractivity contribution in [3.63, 3.8) is 0 Å². The van der Waals surface area contributed by atoms with Crippen molar-refractivity contribution in [3.05, 3.63) is 48.3 Å². The first-order valence-corrected chi connectivity index (χ1v) is 6.44. The van der Waals surface area contributed by atoms with E-state index in [2.05, 4.69) is 15.2 Å². The van der Waals surface area contributed by atoms with Crippen LogP contribution in [0.4, 0.5) is 5.69 Å². The van der Waals surface area contributed by atoms with Crippen molar-refractivity contribution in [2.45, 2.75) is 13.0 Å². The molecule has 0 spiro atoms. The number of rotatable bonds is 6. The molecule has 0 unspecified atom stereocenters. The number of hydrogen-bond acceptors (Lipinski definition) is 4. The van der Waals surface area contributed by atoms with Crippen molar-refractivity contribution >= 4 is 11.5 Å². The zero-order chi connectivity index (χ0) is 14.4. The first kappa shape index (κ1) is 13.9. The van der Waals surface area contributed by atoms with Crippen molar-refractivity contribution < 1.29 is 5.21 Å². The van der Waals surface area contributed by atoms with Gasteiger partial charge < -0.3 is 15.8 Å². The average molecular weight is 273 g/mol. The third kappa shape index (κ3) is 3.74. The monoisotopic (exact) mass is 273 g/mol. The van der Waals surface area contributed by atoms with Crippen LogP contribution >= 0.6 is 0 Å². The molecule has 20 heavy (non-hydrogen) atoms. The molecule has 2 rings (SSSR count). The van der Waals surface area contributed by atoms with Crippen LogP contribution in [0.5, 0.6) is 0 Å². The number of aryl methyl sites for hydroxylation is 1. The molecular formula is C14H19N5O. The van der Waals surface area contributed by atoms with Crippen LogP contribution in [0.3, 0.4) is 0 Å². The maximum Gasteiger partial charge on any atom is 0.140 e. The van der Waals surface area contributed by atoms with Crippen LogP contribution in [0.25, 0.3) is 0 Å². The van der Waals surface area contributed by atoms with Gasteiger partial charge in [-0.25, -0.2) is 0 Å². The number of aromatic nitrogens is 2. The minimum absolute atomic E-state index is 0.229. The Labute approximate surface area is 118 Å². The van der Waals surface area contributed by atoms with E-state index in [-0.39, 0.29) is 5.84 Å². The number of oxime groups is 1. The Morgan fingerprint density at radius 2 is 2.10 bits per heavy atom. The highest BCUT2D eigenvalue weighted by molar-refractivity contribution is 5.80. The molecule has 106 valence electrons. The topological polar surface area (TPSA) is 79.7 Å². The Morgan fingerprint density at radius 1 is 1.35 bits per heavy atom. The van der Waals surface area contributed by atoms with Crippen molar-refractivity contribution in [3.8, 4) is 0 Å². The fourth-order valence-electron chi connectivity index (χ4n) is 1.98. The lowest BCUT2D eigenvalue weighted by Crippen LogP contribution is -2.28. The number of benzene rings is 1. The molecule has 0 radical (unpaired) electrons. The summed E-state index contributed by atoms with van der Waals surface area (Å²) in [5, 5.41) is 16.0. The lowest BCUT2D eigenvalue weighted by atomic mass is 10.2. The maximum atomic E-state index is 8.64. The highest BCUT2D eigenvalue weighted by atomic mass is 16.4. The summed E-state index contributed by atoms with van der Waals surface area (Å²) in [7, 11) is 1.90. The van der Waals surface area contributed by atoms with Crippen LogP contribution in [-0.4, -0.2) is 27.4 Å². The maximum absolute atomic E-state index is 8.64. The lowest BCUT2D eigenvalue weighted by molar-refractivity contribution is 0.317. The Kier molecular flexibility index (Phi) is 4.60. The molecule has 0 aliphatic rings. The van der Waals surface area contributed by atoms with E-state index in [1.54, 1.807) is 4.68 Å². The SMILES string of the molecule is Cn1ccc(CN(CC/C(N)=N/O)c2ccccc2)n1. The van der Waals surface area contributed by atoms with Crippen LogP contribution in [-0.2, 0) is 13.6 Å². The van der Waals surface area contributed by atoms with E-state index < -0.39 is 0 Å². The molecule has 0 bridgehead atoms. The smallest absolute Gasteiger partial charge is 0.140 e. The third-order valence-electron chi connectivity index (χ3n) is 3.01. The summed E-state index contributed by atoms with van der Waals surface area (Å²) in [6.45, 7) is 1.35. The van der Waals surface area contributed by atoms with Gasteiger partial charge in [0.2, 0.25) is 0 Å². The first-order chi connectivity index (χ1) is 9.69. The van der Waals surface area contributed by atoms with E-state index in [1.165, 1.54) is 0 Å². The zero-order valence-corrected chi connectivity index (χ0v) is 11.5. The predicted octanol–water partition coefficient (Wildman–Crippen LogP) is 1.56. The van der Waals surface area contributed by atoms with E-state index in [1.807, 2.05) is 49.6 Å². The van der Waals surface area contributed by atoms with Crippen LogP contribution in [0.15, 0.2) is 47.8 Å². The molecule has 3 N–H and O–H groups in total. The molecule has 1 heterocycles. The van der Waals surface area contributed by atoms with Gasteiger partial charge in [0.05, 0.1) is 12.2 Å². The lowest BCUT2D eigenvalue weighted by Gasteiger charge is -2.23. The van der Waals surface area contributed by atoms with Crippen LogP contribution in [0, 0.1) is 0 Å². The van der Waals surface area contributed by atoms with Gasteiger partial charge in [0.1, 0.15) is 5.84 Å². The van der Waals surface area contributed by atoms with Gasteiger partial charge in [-0.05, 0) is 18.2 Å². The number of nitrogens with zero attached hydrogens (tertiary/aromatic N) is 4. The molecule has 0 fully saturated rings. The summed E-state index contributed by atoms with van der Waals surface area (Å²) in [6.07, 6.45) is 2.42. The van der Waals surface area contributed by atoms with Crippen molar-refractivity contribution in [2.24, 2.45) is 17.9 Å². The van der Waals surface area contributed by atoms with Crippen LogP contribution in [0.2, 0.25) is 0 Å². The second-order valence-corrected chi connectivity index (χ2v) is 4.58. The minimum Gasteiger partial charge on any atom is -0.409 e. The summed E-state index contributed by atoms with van der Waals surface area (Å²) in [5.41, 5.74) is 7.62. The molecule has 0 atom stereocenters. The molecular weight excluding hydrogens is 254 g/mol. The zero-order valence-electron chi connectivity index (χ0n) is 11.5. The van der Waals surface area contributed by atoms with Gasteiger partial charge in [0.15, 0.2) is 0 Å². The Bertz CT molecular complexity index is 564. The molecule has 0 amide bonds. The number of anilines is 1. The van der Waals surface area contributed by atoms with E-state index in [0.717, 1.165) is 11.4 Å². The summed E-state index contributed by atoms with van der Waals surface area (Å²) >= 11 is 0. The summed E-state index contributed by atoms with van der Waals surface area (Å²) in [6, 6.07) is 12.0. The molecule has 1 aromatic heterocycles. The molecule has 0 aliphatic heterocycles. The summed E-state index contributed by atoms with van der Waals surface area (Å²) < 4.78 is 1.78. The third-order valence-corrected chi connectivity index (χ3v) is 3.01. The van der Waals surface area contributed by atoms with E-state index in [4.69, 9.17) is 10.9 Å². The second-order valence-electron chi connectivity index (χ2n) is 4.58. The van der Waals surface area contributed by atoms with Gasteiger partial charge in [0, 0.05) is 31.9 Å². The summed E-state index contributed by atoms with van der Waals surface area (Å²) in [5.74, 6) is 0.229. The molecule has 0 aliphatic carbocycles. The normalized spacial score (nSPS) is 11.6. The number of para-hydroxylation sites is 1. The Morgan fingerprint density at radius 3 is 2.70 bits per heavy atom. The van der Waals surface area contributed by atoms with Crippen LogP contribution in [0.1, 0.15) is 12.1 Å². The number of nitrogens with two attached hydrogens (primary N) is 1. The fraction of sp³-hybridized carbons (Fsp3) is 0.286. The predicted molar refractivity (Wildman–Crippen MR) is 78.7 cm³/mol. The van der Waals surface area contributed by atoms with Gasteiger partial charge in [-0.3, -0.25) is 4.68 Å². The minimum atomic E-state index is 0.229. The van der Waals surface area contributed by atoms with E-state index in [9.17, 15) is 0 Å². The van der Waals surface area contributed by atoms with Crippen molar-refractivity contribution in [1.82, 2.24) is 9.78 Å².